The van der Waals surface area contributed by atoms with Gasteiger partial charge in [-0.15, -0.1) is 9.79 Å². The molecule has 0 aliphatic carbocycles. The summed E-state index contributed by atoms with van der Waals surface area (Å²) in [6.45, 7) is -0.500. The van der Waals surface area contributed by atoms with Crippen molar-refractivity contribution >= 4 is 14.7 Å². The Morgan fingerprint density at radius 1 is 1.38 bits per heavy atom. The van der Waals surface area contributed by atoms with Crippen LogP contribution in [0.1, 0.15) is 0 Å². The van der Waals surface area contributed by atoms with Crippen LogP contribution >= 0.6 is 8.25 Å². The Morgan fingerprint density at radius 3 is 1.77 bits per heavy atom. The highest BCUT2D eigenvalue weighted by Crippen LogP contribution is 1.98. The lowest BCUT2D eigenvalue weighted by molar-refractivity contribution is -0.378. The Hall–Kier alpha value is -1.43. The van der Waals surface area contributed by atoms with E-state index in [1.54, 1.807) is 24.8 Å². The number of nitrogens with one attached hydrogen (secondary N) is 1. The zero-order chi connectivity index (χ0) is 10.5. The number of aromatic amines is 1. The Bertz CT molecular complexity index is 189. The first-order valence-electron chi connectivity index (χ1n) is 2.81. The van der Waals surface area contributed by atoms with Crippen LogP contribution in [0.5, 0.6) is 0 Å². The highest BCUT2D eigenvalue weighted by molar-refractivity contribution is 7.30. The fourth-order valence-corrected chi connectivity index (χ4v) is 0.277. The Kier molecular flexibility index (Phi) is 14.3. The molecule has 0 aliphatic rings. The minimum atomic E-state index is -2.87. The molecule has 0 aromatic carbocycles. The Labute approximate surface area is 74.7 Å². The molecule has 8 heteroatoms. The summed E-state index contributed by atoms with van der Waals surface area (Å²) in [6, 6.07) is 0. The maximum Gasteiger partial charge on any atom is 0.692 e. The van der Waals surface area contributed by atoms with Crippen LogP contribution in [0.15, 0.2) is 24.8 Å². The molecular formula is C5H8N2O5P+. The lowest BCUT2D eigenvalue weighted by Gasteiger charge is -1.63. The summed E-state index contributed by atoms with van der Waals surface area (Å²) >= 11 is 0. The first-order chi connectivity index (χ1) is 6.15. The molecule has 0 aliphatic heterocycles. The van der Waals surface area contributed by atoms with Gasteiger partial charge in [-0.25, -0.2) is 4.98 Å². The van der Waals surface area contributed by atoms with Crippen LogP contribution in [0.3, 0.4) is 0 Å². The van der Waals surface area contributed by atoms with Crippen molar-refractivity contribution in [3.63, 3.8) is 0 Å². The van der Waals surface area contributed by atoms with Gasteiger partial charge in [-0.2, -0.15) is 0 Å². The fourth-order valence-electron chi connectivity index (χ4n) is 0.277. The number of H-pyrrole nitrogens is 1. The molecule has 0 saturated carbocycles. The van der Waals surface area contributed by atoms with E-state index in [9.17, 15) is 0 Å². The first kappa shape index (κ1) is 14.1. The number of carboxylic acid groups (broad SMARTS) is 1. The van der Waals surface area contributed by atoms with Crippen molar-refractivity contribution in [2.45, 2.75) is 0 Å². The Balaban J connectivity index is 0. The molecule has 13 heavy (non-hydrogen) atoms. The molecule has 1 heterocycles. The van der Waals surface area contributed by atoms with Gasteiger partial charge < -0.3 is 9.90 Å². The van der Waals surface area contributed by atoms with E-state index in [0.29, 0.717) is 0 Å². The van der Waals surface area contributed by atoms with E-state index in [4.69, 9.17) is 24.3 Å². The van der Waals surface area contributed by atoms with Crippen LogP contribution in [0, 0.1) is 0 Å². The molecule has 0 fully saturated rings. The van der Waals surface area contributed by atoms with Gasteiger partial charge in [-0.3, -0.25) is 4.98 Å². The lowest BCUT2D eigenvalue weighted by Crippen LogP contribution is -2.01. The second-order valence-electron chi connectivity index (χ2n) is 1.30. The number of rotatable bonds is 0. The van der Waals surface area contributed by atoms with Crippen molar-refractivity contribution in [2.75, 3.05) is 0 Å². The van der Waals surface area contributed by atoms with Crippen molar-refractivity contribution in [1.82, 2.24) is 4.98 Å². The van der Waals surface area contributed by atoms with Gasteiger partial charge in [-0.05, 0) is 0 Å². The average Bonchev–Trinajstić information content (AvgIpc) is 2.08. The topological polar surface area (TPSA) is 125 Å². The number of carbonyl (C=O) groups excluding carboxylic acids is 1. The molecule has 1 aromatic rings. The Morgan fingerprint density at radius 2 is 1.69 bits per heavy atom. The van der Waals surface area contributed by atoms with Crippen LogP contribution in [-0.4, -0.2) is 21.2 Å². The minimum Gasteiger partial charge on any atom is -0.554 e. The molecular weight excluding hydrogens is 199 g/mol. The zero-order valence-corrected chi connectivity index (χ0v) is 7.29. The fraction of sp³-hybridized carbons (Fsp3) is 0. The van der Waals surface area contributed by atoms with Crippen LogP contribution < -0.4 is 10.1 Å². The van der Waals surface area contributed by atoms with E-state index in [1.165, 1.54) is 0 Å². The third kappa shape index (κ3) is 37.2. The van der Waals surface area contributed by atoms with E-state index in [0.717, 1.165) is 0 Å². The van der Waals surface area contributed by atoms with Gasteiger partial charge in [0.25, 0.3) is 0 Å². The molecule has 1 aromatic heterocycles. The summed E-state index contributed by atoms with van der Waals surface area (Å²) in [6.07, 6.45) is 6.92. The molecule has 7 nitrogen and oxygen atoms in total. The van der Waals surface area contributed by atoms with E-state index in [-0.39, 0.29) is 0 Å². The quantitative estimate of drug-likeness (QED) is 0.370. The molecule has 0 amide bonds. The summed E-state index contributed by atoms with van der Waals surface area (Å²) in [4.78, 5) is 29.1. The summed E-state index contributed by atoms with van der Waals surface area (Å²) in [5.41, 5.74) is 0. The summed E-state index contributed by atoms with van der Waals surface area (Å²) in [5.74, 6) is 0. The third-order valence-electron chi connectivity index (χ3n) is 0.514. The minimum absolute atomic E-state index is 0.500. The van der Waals surface area contributed by atoms with Crippen LogP contribution in [-0.2, 0) is 9.36 Å². The number of hydrogen-bond donors (Lipinski definition) is 2. The van der Waals surface area contributed by atoms with Crippen molar-refractivity contribution in [2.24, 2.45) is 0 Å². The van der Waals surface area contributed by atoms with Crippen molar-refractivity contribution < 1.29 is 29.2 Å². The van der Waals surface area contributed by atoms with E-state index in [1.807, 2.05) is 0 Å². The van der Waals surface area contributed by atoms with Crippen LogP contribution in [0.4, 0.5) is 0 Å². The maximum atomic E-state index is 8.70. The molecule has 0 saturated heterocycles. The average molecular weight is 207 g/mol. The SMILES string of the molecule is O=C[O-].O=[P+](O)O.c1c[nH+]ccn1. The van der Waals surface area contributed by atoms with Gasteiger partial charge in [0.1, 0.15) is 0 Å². The highest BCUT2D eigenvalue weighted by atomic mass is 31.1. The van der Waals surface area contributed by atoms with Gasteiger partial charge in [0.2, 0.25) is 0 Å². The molecule has 0 atom stereocenters. The van der Waals surface area contributed by atoms with Gasteiger partial charge in [0.15, 0.2) is 12.4 Å². The third-order valence-corrected chi connectivity index (χ3v) is 0.514. The van der Waals surface area contributed by atoms with Gasteiger partial charge in [0.05, 0.1) is 12.4 Å². The van der Waals surface area contributed by atoms with Crippen LogP contribution in [0.2, 0.25) is 0 Å². The molecule has 0 unspecified atom stereocenters. The monoisotopic (exact) mass is 207 g/mol. The molecule has 3 N–H and O–H groups in total. The summed E-state index contributed by atoms with van der Waals surface area (Å²) in [5, 5.41) is 8.25. The van der Waals surface area contributed by atoms with Crippen LogP contribution in [0.25, 0.3) is 0 Å². The summed E-state index contributed by atoms with van der Waals surface area (Å²) < 4.78 is 8.70. The predicted octanol–water partition coefficient (Wildman–Crippen LogP) is -2.11. The molecule has 0 radical (unpaired) electrons. The van der Waals surface area contributed by atoms with Gasteiger partial charge in [-0.1, -0.05) is 0 Å². The predicted molar refractivity (Wildman–Crippen MR) is 38.9 cm³/mol. The molecule has 0 spiro atoms. The summed E-state index contributed by atoms with van der Waals surface area (Å²) in [7, 11) is -2.87. The van der Waals surface area contributed by atoms with Crippen molar-refractivity contribution in [3.05, 3.63) is 24.8 Å². The normalized spacial score (nSPS) is 6.62. The van der Waals surface area contributed by atoms with Gasteiger partial charge in [0, 0.05) is 11.0 Å². The second kappa shape index (κ2) is 13.2. The standard InChI is InChI=1S/C4H4N2.CH2O2.HO3P/c1-2-6-4-3-5-1;2-1-3;1-4(2)3/h1-4H;1H,(H,2,3);(H-,1,2,3)/p+1. The number of hydrogen-bond acceptors (Lipinski definition) is 4. The van der Waals surface area contributed by atoms with E-state index < -0.39 is 14.7 Å². The number of carbonyl (C=O) groups is 1. The first-order valence-corrected chi connectivity index (χ1v) is 3.98. The van der Waals surface area contributed by atoms with Crippen molar-refractivity contribution in [1.29, 1.82) is 0 Å². The number of nitrogens with zero attached hydrogens (tertiary/aromatic N) is 1. The zero-order valence-electron chi connectivity index (χ0n) is 6.40. The molecule has 1 rings (SSSR count). The smallest absolute Gasteiger partial charge is 0.554 e. The number of aromatic nitrogens is 2. The largest absolute Gasteiger partial charge is 0.692 e. The molecule has 0 bridgehead atoms. The second-order valence-corrected chi connectivity index (χ2v) is 1.80. The van der Waals surface area contributed by atoms with Crippen molar-refractivity contribution in [3.8, 4) is 0 Å². The van der Waals surface area contributed by atoms with Gasteiger partial charge >= 0.3 is 8.25 Å². The van der Waals surface area contributed by atoms with E-state index in [2.05, 4.69) is 9.97 Å². The van der Waals surface area contributed by atoms with E-state index >= 15 is 0 Å². The highest BCUT2D eigenvalue weighted by Gasteiger charge is 1.93. The molecule has 72 valence electrons. The maximum absolute atomic E-state index is 8.70. The lowest BCUT2D eigenvalue weighted by atomic mass is 10.8.